The molecule has 3 aliphatic heterocycles. The molecule has 2 bridgehead atoms. The van der Waals surface area contributed by atoms with E-state index < -0.39 is 0 Å². The van der Waals surface area contributed by atoms with Gasteiger partial charge in [-0.2, -0.15) is 0 Å². The average molecular weight is 265 g/mol. The van der Waals surface area contributed by atoms with Crippen molar-refractivity contribution in [1.82, 2.24) is 4.90 Å². The van der Waals surface area contributed by atoms with E-state index >= 15 is 0 Å². The standard InChI is InChI=1S/C14H17ClN2O/c15-12-3-1-2-10(14(16)18)13(12)11-8-17-6-4-9(11)5-7-17/h1-3,9,11H,4-8H2,(H2,16,18). The number of halogens is 1. The number of amides is 1. The van der Waals surface area contributed by atoms with Gasteiger partial charge in [-0.3, -0.25) is 4.79 Å². The third-order valence-corrected chi connectivity index (χ3v) is 4.67. The minimum absolute atomic E-state index is 0.365. The highest BCUT2D eigenvalue weighted by Gasteiger charge is 2.37. The molecule has 0 spiro atoms. The zero-order valence-electron chi connectivity index (χ0n) is 10.2. The second-order valence-electron chi connectivity index (χ2n) is 5.31. The molecule has 4 rings (SSSR count). The maximum atomic E-state index is 11.6. The van der Waals surface area contributed by atoms with Crippen LogP contribution in [0.15, 0.2) is 18.2 Å². The summed E-state index contributed by atoms with van der Waals surface area (Å²) in [5.41, 5.74) is 7.05. The lowest BCUT2D eigenvalue weighted by atomic mass is 9.74. The lowest BCUT2D eigenvalue weighted by Crippen LogP contribution is -2.46. The van der Waals surface area contributed by atoms with Gasteiger partial charge in [0.2, 0.25) is 5.91 Å². The number of hydrogen-bond donors (Lipinski definition) is 1. The van der Waals surface area contributed by atoms with Crippen molar-refractivity contribution in [3.63, 3.8) is 0 Å². The van der Waals surface area contributed by atoms with Gasteiger partial charge in [-0.05, 0) is 49.5 Å². The highest BCUT2D eigenvalue weighted by Crippen LogP contribution is 2.42. The smallest absolute Gasteiger partial charge is 0.249 e. The summed E-state index contributed by atoms with van der Waals surface area (Å²) in [4.78, 5) is 14.0. The van der Waals surface area contributed by atoms with Crippen LogP contribution in [0.25, 0.3) is 0 Å². The topological polar surface area (TPSA) is 46.3 Å². The van der Waals surface area contributed by atoms with Gasteiger partial charge in [0.25, 0.3) is 0 Å². The van der Waals surface area contributed by atoms with Crippen molar-refractivity contribution in [3.05, 3.63) is 34.3 Å². The van der Waals surface area contributed by atoms with Gasteiger partial charge in [0, 0.05) is 23.0 Å². The van der Waals surface area contributed by atoms with Crippen molar-refractivity contribution in [1.29, 1.82) is 0 Å². The number of rotatable bonds is 2. The molecular weight excluding hydrogens is 248 g/mol. The van der Waals surface area contributed by atoms with Gasteiger partial charge in [-0.25, -0.2) is 0 Å². The maximum Gasteiger partial charge on any atom is 0.249 e. The van der Waals surface area contributed by atoms with Gasteiger partial charge in [-0.15, -0.1) is 0 Å². The monoisotopic (exact) mass is 264 g/mol. The number of carbonyl (C=O) groups excluding carboxylic acids is 1. The Bertz CT molecular complexity index is 481. The molecular formula is C14H17ClN2O. The minimum atomic E-state index is -0.371. The first-order valence-electron chi connectivity index (χ1n) is 6.47. The SMILES string of the molecule is NC(=O)c1cccc(Cl)c1C1CN2CCC1CC2. The Kier molecular flexibility index (Phi) is 3.04. The fourth-order valence-corrected chi connectivity index (χ4v) is 3.74. The molecule has 1 amide bonds. The largest absolute Gasteiger partial charge is 0.366 e. The van der Waals surface area contributed by atoms with Crippen molar-refractivity contribution < 1.29 is 4.79 Å². The fourth-order valence-electron chi connectivity index (χ4n) is 3.42. The molecule has 3 heterocycles. The molecule has 0 radical (unpaired) electrons. The Labute approximate surface area is 112 Å². The number of nitrogens with zero attached hydrogens (tertiary/aromatic N) is 1. The molecule has 1 atom stereocenters. The first kappa shape index (κ1) is 12.0. The molecule has 3 saturated heterocycles. The van der Waals surface area contributed by atoms with Crippen LogP contribution in [0.1, 0.15) is 34.7 Å². The second kappa shape index (κ2) is 4.56. The maximum absolute atomic E-state index is 11.6. The van der Waals surface area contributed by atoms with Crippen molar-refractivity contribution in [2.75, 3.05) is 19.6 Å². The Balaban J connectivity index is 2.03. The van der Waals surface area contributed by atoms with Gasteiger partial charge in [-0.1, -0.05) is 17.7 Å². The van der Waals surface area contributed by atoms with Crippen LogP contribution in [0, 0.1) is 5.92 Å². The van der Waals surface area contributed by atoms with Crippen molar-refractivity contribution in [2.24, 2.45) is 11.7 Å². The van der Waals surface area contributed by atoms with Gasteiger partial charge in [0.05, 0.1) is 0 Å². The molecule has 3 nitrogen and oxygen atoms in total. The zero-order valence-corrected chi connectivity index (χ0v) is 11.0. The third-order valence-electron chi connectivity index (χ3n) is 4.35. The first-order valence-corrected chi connectivity index (χ1v) is 6.85. The van der Waals surface area contributed by atoms with E-state index in [1.165, 1.54) is 25.9 Å². The third kappa shape index (κ3) is 1.91. The van der Waals surface area contributed by atoms with Crippen LogP contribution in [0.2, 0.25) is 5.02 Å². The van der Waals surface area contributed by atoms with Gasteiger partial charge >= 0.3 is 0 Å². The summed E-state index contributed by atoms with van der Waals surface area (Å²) in [6.07, 6.45) is 2.40. The van der Waals surface area contributed by atoms with Crippen LogP contribution in [-0.4, -0.2) is 30.4 Å². The van der Waals surface area contributed by atoms with Crippen LogP contribution < -0.4 is 5.73 Å². The number of fused-ring (bicyclic) bond motifs is 3. The van der Waals surface area contributed by atoms with Gasteiger partial charge in [0.15, 0.2) is 0 Å². The predicted octanol–water partition coefficient (Wildman–Crippen LogP) is 2.25. The van der Waals surface area contributed by atoms with Crippen molar-refractivity contribution in [3.8, 4) is 0 Å². The summed E-state index contributed by atoms with van der Waals surface area (Å²) in [6.45, 7) is 3.36. The first-order chi connectivity index (χ1) is 8.66. The second-order valence-corrected chi connectivity index (χ2v) is 5.72. The van der Waals surface area contributed by atoms with E-state index in [2.05, 4.69) is 4.90 Å². The Morgan fingerprint density at radius 2 is 2.06 bits per heavy atom. The van der Waals surface area contributed by atoms with Crippen LogP contribution in [0.5, 0.6) is 0 Å². The van der Waals surface area contributed by atoms with E-state index in [9.17, 15) is 4.79 Å². The molecule has 2 N–H and O–H groups in total. The average Bonchev–Trinajstić information content (AvgIpc) is 2.39. The van der Waals surface area contributed by atoms with E-state index in [1.54, 1.807) is 12.1 Å². The number of nitrogens with two attached hydrogens (primary N) is 1. The number of carbonyl (C=O) groups is 1. The Morgan fingerprint density at radius 1 is 1.33 bits per heavy atom. The van der Waals surface area contributed by atoms with E-state index in [0.29, 0.717) is 22.4 Å². The van der Waals surface area contributed by atoms with Crippen LogP contribution in [0.4, 0.5) is 0 Å². The highest BCUT2D eigenvalue weighted by molar-refractivity contribution is 6.32. The van der Waals surface area contributed by atoms with Crippen molar-refractivity contribution >= 4 is 17.5 Å². The summed E-state index contributed by atoms with van der Waals surface area (Å²) in [7, 11) is 0. The molecule has 0 saturated carbocycles. The molecule has 4 heteroatoms. The molecule has 0 aromatic heterocycles. The van der Waals surface area contributed by atoms with E-state index in [-0.39, 0.29) is 5.91 Å². The number of hydrogen-bond acceptors (Lipinski definition) is 2. The molecule has 96 valence electrons. The van der Waals surface area contributed by atoms with Gasteiger partial charge < -0.3 is 10.6 Å². The fraction of sp³-hybridized carbons (Fsp3) is 0.500. The number of piperidine rings is 3. The zero-order chi connectivity index (χ0) is 12.7. The molecule has 1 aromatic rings. The number of primary amides is 1. The summed E-state index contributed by atoms with van der Waals surface area (Å²) < 4.78 is 0. The minimum Gasteiger partial charge on any atom is -0.366 e. The van der Waals surface area contributed by atoms with Crippen LogP contribution >= 0.6 is 11.6 Å². The summed E-state index contributed by atoms with van der Waals surface area (Å²) in [5, 5.41) is 0.685. The molecule has 0 aliphatic carbocycles. The summed E-state index contributed by atoms with van der Waals surface area (Å²) in [6, 6.07) is 5.45. The lowest BCUT2D eigenvalue weighted by Gasteiger charge is -2.45. The molecule has 1 unspecified atom stereocenters. The van der Waals surface area contributed by atoms with Crippen LogP contribution in [-0.2, 0) is 0 Å². The van der Waals surface area contributed by atoms with E-state index in [4.69, 9.17) is 17.3 Å². The van der Waals surface area contributed by atoms with Gasteiger partial charge in [0.1, 0.15) is 0 Å². The quantitative estimate of drug-likeness (QED) is 0.891. The molecule has 1 aromatic carbocycles. The lowest BCUT2D eigenvalue weighted by molar-refractivity contribution is 0.0856. The normalized spacial score (nSPS) is 30.4. The molecule has 18 heavy (non-hydrogen) atoms. The number of benzene rings is 1. The van der Waals surface area contributed by atoms with Crippen molar-refractivity contribution in [2.45, 2.75) is 18.8 Å². The Hall–Kier alpha value is -1.06. The predicted molar refractivity (Wildman–Crippen MR) is 71.9 cm³/mol. The van der Waals surface area contributed by atoms with E-state index in [1.807, 2.05) is 6.07 Å². The van der Waals surface area contributed by atoms with E-state index in [0.717, 1.165) is 12.1 Å². The Morgan fingerprint density at radius 3 is 2.61 bits per heavy atom. The highest BCUT2D eigenvalue weighted by atomic mass is 35.5. The summed E-state index contributed by atoms with van der Waals surface area (Å²) in [5.74, 6) is 0.639. The van der Waals surface area contributed by atoms with Crippen LogP contribution in [0.3, 0.4) is 0 Å². The molecule has 3 fully saturated rings. The summed E-state index contributed by atoms with van der Waals surface area (Å²) >= 11 is 6.32. The molecule has 3 aliphatic rings.